The number of hydrogen-bond donors (Lipinski definition) is 2. The summed E-state index contributed by atoms with van der Waals surface area (Å²) in [5.74, 6) is 0.111. The third-order valence-corrected chi connectivity index (χ3v) is 5.52. The van der Waals surface area contributed by atoms with Gasteiger partial charge in [0.2, 0.25) is 15.9 Å². The number of nitrogens with two attached hydrogens (primary N) is 1. The lowest BCUT2D eigenvalue weighted by Gasteiger charge is -2.35. The lowest BCUT2D eigenvalue weighted by Crippen LogP contribution is -2.56. The molecule has 0 aromatic heterocycles. The molecule has 0 aliphatic heterocycles. The van der Waals surface area contributed by atoms with E-state index < -0.39 is 15.6 Å². The molecule has 19 heavy (non-hydrogen) atoms. The lowest BCUT2D eigenvalue weighted by molar-refractivity contribution is -0.127. The molecule has 0 radical (unpaired) electrons. The van der Waals surface area contributed by atoms with Crippen LogP contribution >= 0.6 is 0 Å². The van der Waals surface area contributed by atoms with Crippen LogP contribution in [0.5, 0.6) is 0 Å². The first-order valence-corrected chi connectivity index (χ1v) is 8.26. The van der Waals surface area contributed by atoms with Crippen molar-refractivity contribution in [3.8, 4) is 0 Å². The highest BCUT2D eigenvalue weighted by Crippen LogP contribution is 2.30. The molecule has 1 rings (SSSR count). The summed E-state index contributed by atoms with van der Waals surface area (Å²) in [4.78, 5) is 12.1. The van der Waals surface area contributed by atoms with Crippen LogP contribution in [0.25, 0.3) is 0 Å². The van der Waals surface area contributed by atoms with E-state index in [0.717, 1.165) is 17.1 Å². The third kappa shape index (κ3) is 4.43. The number of hydrogen-bond acceptors (Lipinski definition) is 4. The van der Waals surface area contributed by atoms with Crippen molar-refractivity contribution in [3.05, 3.63) is 0 Å². The van der Waals surface area contributed by atoms with Crippen LogP contribution in [-0.2, 0) is 14.8 Å². The number of carbonyl (C=O) groups excluding carboxylic acids is 1. The Morgan fingerprint density at radius 3 is 2.63 bits per heavy atom. The van der Waals surface area contributed by atoms with Crippen molar-refractivity contribution in [2.45, 2.75) is 38.1 Å². The zero-order valence-electron chi connectivity index (χ0n) is 12.0. The lowest BCUT2D eigenvalue weighted by atomic mass is 9.76. The smallest absolute Gasteiger partial charge is 0.240 e. The molecular weight excluding hydrogens is 266 g/mol. The number of amides is 1. The minimum Gasteiger partial charge on any atom is -0.353 e. The quantitative estimate of drug-likeness (QED) is 0.740. The average molecular weight is 291 g/mol. The molecule has 112 valence electrons. The molecule has 0 saturated heterocycles. The summed E-state index contributed by atoms with van der Waals surface area (Å²) < 4.78 is 24.3. The average Bonchev–Trinajstić information content (AvgIpc) is 2.28. The summed E-state index contributed by atoms with van der Waals surface area (Å²) >= 11 is 0. The van der Waals surface area contributed by atoms with E-state index >= 15 is 0 Å². The van der Waals surface area contributed by atoms with Gasteiger partial charge in [0.05, 0.1) is 11.3 Å². The van der Waals surface area contributed by atoms with Gasteiger partial charge in [0.1, 0.15) is 0 Å². The first-order chi connectivity index (χ1) is 8.67. The number of nitrogens with zero attached hydrogens (tertiary/aromatic N) is 1. The second kappa shape index (κ2) is 6.19. The molecule has 0 aromatic rings. The molecule has 3 N–H and O–H groups in total. The Morgan fingerprint density at radius 2 is 2.11 bits per heavy atom. The molecule has 1 amide bonds. The van der Waals surface area contributed by atoms with Crippen LogP contribution in [0.3, 0.4) is 0 Å². The van der Waals surface area contributed by atoms with Crippen LogP contribution in [-0.4, -0.2) is 50.6 Å². The van der Waals surface area contributed by atoms with E-state index in [4.69, 9.17) is 5.73 Å². The van der Waals surface area contributed by atoms with Gasteiger partial charge < -0.3 is 11.1 Å². The van der Waals surface area contributed by atoms with Crippen LogP contribution in [0.2, 0.25) is 0 Å². The highest BCUT2D eigenvalue weighted by Gasteiger charge is 2.37. The van der Waals surface area contributed by atoms with Gasteiger partial charge in [0.15, 0.2) is 0 Å². The van der Waals surface area contributed by atoms with Gasteiger partial charge in [0, 0.05) is 20.6 Å². The van der Waals surface area contributed by atoms with E-state index in [-0.39, 0.29) is 18.2 Å². The topological polar surface area (TPSA) is 92.5 Å². The zero-order valence-corrected chi connectivity index (χ0v) is 12.8. The molecule has 7 heteroatoms. The standard InChI is InChI=1S/C12H25N3O3S/c1-10-5-4-6-12(13,9-10)11(16)14-7-8-19(17,18)15(2)3/h10H,4-9,13H2,1-3H3,(H,14,16). The second-order valence-electron chi connectivity index (χ2n) is 5.71. The zero-order chi connectivity index (χ0) is 14.7. The summed E-state index contributed by atoms with van der Waals surface area (Å²) in [5.41, 5.74) is 5.30. The Labute approximate surface area is 115 Å². The predicted octanol–water partition coefficient (Wildman–Crippen LogP) is -0.0984. The van der Waals surface area contributed by atoms with Crippen LogP contribution in [0, 0.1) is 5.92 Å². The van der Waals surface area contributed by atoms with Crippen molar-refractivity contribution in [2.24, 2.45) is 11.7 Å². The van der Waals surface area contributed by atoms with Gasteiger partial charge in [-0.2, -0.15) is 0 Å². The normalized spacial score (nSPS) is 28.4. The fourth-order valence-electron chi connectivity index (χ4n) is 2.45. The van der Waals surface area contributed by atoms with E-state index in [1.165, 1.54) is 14.1 Å². The van der Waals surface area contributed by atoms with Crippen LogP contribution in [0.1, 0.15) is 32.6 Å². The monoisotopic (exact) mass is 291 g/mol. The Balaban J connectivity index is 2.47. The van der Waals surface area contributed by atoms with Gasteiger partial charge in [-0.1, -0.05) is 19.8 Å². The first-order valence-electron chi connectivity index (χ1n) is 6.65. The predicted molar refractivity (Wildman–Crippen MR) is 75.0 cm³/mol. The SMILES string of the molecule is CC1CCCC(N)(C(=O)NCCS(=O)(=O)N(C)C)C1. The Bertz CT molecular complexity index is 422. The molecule has 1 aliphatic carbocycles. The van der Waals surface area contributed by atoms with Crippen molar-refractivity contribution in [3.63, 3.8) is 0 Å². The van der Waals surface area contributed by atoms with Crippen LogP contribution in [0.4, 0.5) is 0 Å². The van der Waals surface area contributed by atoms with E-state index in [1.54, 1.807) is 0 Å². The fourth-order valence-corrected chi connectivity index (χ4v) is 3.18. The first kappa shape index (κ1) is 16.4. The van der Waals surface area contributed by atoms with Gasteiger partial charge in [-0.05, 0) is 18.8 Å². The largest absolute Gasteiger partial charge is 0.353 e. The van der Waals surface area contributed by atoms with Gasteiger partial charge in [-0.3, -0.25) is 4.79 Å². The van der Waals surface area contributed by atoms with Crippen molar-refractivity contribution in [2.75, 3.05) is 26.4 Å². The molecule has 1 saturated carbocycles. The minimum atomic E-state index is -3.28. The van der Waals surface area contributed by atoms with E-state index in [0.29, 0.717) is 18.8 Å². The van der Waals surface area contributed by atoms with E-state index in [1.807, 2.05) is 0 Å². The molecule has 0 heterocycles. The summed E-state index contributed by atoms with van der Waals surface area (Å²) in [7, 11) is -0.324. The highest BCUT2D eigenvalue weighted by molar-refractivity contribution is 7.89. The van der Waals surface area contributed by atoms with E-state index in [2.05, 4.69) is 12.2 Å². The molecular formula is C12H25N3O3S. The molecule has 6 nitrogen and oxygen atoms in total. The molecule has 0 bridgehead atoms. The Kier molecular flexibility index (Phi) is 5.34. The fraction of sp³-hybridized carbons (Fsp3) is 0.917. The minimum absolute atomic E-state index is 0.0998. The Hall–Kier alpha value is -0.660. The van der Waals surface area contributed by atoms with Crippen molar-refractivity contribution in [1.29, 1.82) is 0 Å². The number of sulfonamides is 1. The number of nitrogens with one attached hydrogen (secondary N) is 1. The molecule has 1 aliphatic rings. The summed E-state index contributed by atoms with van der Waals surface area (Å²) in [6.07, 6.45) is 3.38. The number of carbonyl (C=O) groups is 1. The second-order valence-corrected chi connectivity index (χ2v) is 8.01. The van der Waals surface area contributed by atoms with Crippen molar-refractivity contribution < 1.29 is 13.2 Å². The number of rotatable bonds is 5. The van der Waals surface area contributed by atoms with Crippen LogP contribution in [0.15, 0.2) is 0 Å². The summed E-state index contributed by atoms with van der Waals surface area (Å²) in [6.45, 7) is 2.19. The summed E-state index contributed by atoms with van der Waals surface area (Å²) in [6, 6.07) is 0. The highest BCUT2D eigenvalue weighted by atomic mass is 32.2. The third-order valence-electron chi connectivity index (χ3n) is 3.69. The van der Waals surface area contributed by atoms with Crippen molar-refractivity contribution >= 4 is 15.9 Å². The van der Waals surface area contributed by atoms with Gasteiger partial charge in [0.25, 0.3) is 0 Å². The van der Waals surface area contributed by atoms with Gasteiger partial charge >= 0.3 is 0 Å². The van der Waals surface area contributed by atoms with Gasteiger partial charge in [-0.25, -0.2) is 12.7 Å². The molecule has 1 fully saturated rings. The molecule has 0 aromatic carbocycles. The Morgan fingerprint density at radius 1 is 1.47 bits per heavy atom. The van der Waals surface area contributed by atoms with Gasteiger partial charge in [-0.15, -0.1) is 0 Å². The van der Waals surface area contributed by atoms with E-state index in [9.17, 15) is 13.2 Å². The maximum absolute atomic E-state index is 12.1. The maximum Gasteiger partial charge on any atom is 0.240 e. The summed E-state index contributed by atoms with van der Waals surface area (Å²) in [5, 5.41) is 2.65. The maximum atomic E-state index is 12.1. The van der Waals surface area contributed by atoms with Crippen LogP contribution < -0.4 is 11.1 Å². The molecule has 0 spiro atoms. The molecule has 2 unspecified atom stereocenters. The van der Waals surface area contributed by atoms with Crippen molar-refractivity contribution in [1.82, 2.24) is 9.62 Å². The molecule has 2 atom stereocenters.